The minimum atomic E-state index is -0.871. The third-order valence-electron chi connectivity index (χ3n) is 5.86. The van der Waals surface area contributed by atoms with E-state index in [0.717, 1.165) is 12.8 Å². The second-order valence-corrected chi connectivity index (χ2v) is 8.36. The fraction of sp³-hybridized carbons (Fsp3) is 0.333. The Morgan fingerprint density at radius 1 is 1.12 bits per heavy atom. The fourth-order valence-electron chi connectivity index (χ4n) is 4.21. The van der Waals surface area contributed by atoms with E-state index < -0.39 is 12.1 Å². The van der Waals surface area contributed by atoms with Gasteiger partial charge in [0.25, 0.3) is 5.91 Å². The second-order valence-electron chi connectivity index (χ2n) is 8.00. The fourth-order valence-corrected chi connectivity index (χ4v) is 4.66. The van der Waals surface area contributed by atoms with Gasteiger partial charge in [0, 0.05) is 12.2 Å². The lowest BCUT2D eigenvalue weighted by Crippen LogP contribution is -2.51. The molecule has 3 amide bonds. The summed E-state index contributed by atoms with van der Waals surface area (Å²) in [7, 11) is 1.57. The van der Waals surface area contributed by atoms with Gasteiger partial charge in [-0.15, -0.1) is 0 Å². The van der Waals surface area contributed by atoms with E-state index in [1.165, 1.54) is 4.90 Å². The van der Waals surface area contributed by atoms with E-state index >= 15 is 0 Å². The van der Waals surface area contributed by atoms with Crippen LogP contribution in [0.5, 0.6) is 5.75 Å². The van der Waals surface area contributed by atoms with Crippen molar-refractivity contribution in [2.24, 2.45) is 0 Å². The highest BCUT2D eigenvalue weighted by atomic mass is 32.1. The normalized spacial score (nSPS) is 20.9. The molecule has 0 saturated carbocycles. The van der Waals surface area contributed by atoms with E-state index in [4.69, 9.17) is 17.0 Å². The van der Waals surface area contributed by atoms with E-state index in [1.54, 1.807) is 48.4 Å². The van der Waals surface area contributed by atoms with Crippen LogP contribution < -0.4 is 20.3 Å². The summed E-state index contributed by atoms with van der Waals surface area (Å²) < 4.78 is 5.14. The average Bonchev–Trinajstić information content (AvgIpc) is 2.94. The van der Waals surface area contributed by atoms with Crippen LogP contribution in [0.25, 0.3) is 0 Å². The Bertz CT molecular complexity index is 1040. The van der Waals surface area contributed by atoms with Gasteiger partial charge in [0.15, 0.2) is 5.11 Å². The number of nitrogens with zero attached hydrogens (tertiary/aromatic N) is 2. The topological polar surface area (TPSA) is 91.0 Å². The molecule has 0 aromatic heterocycles. The minimum Gasteiger partial charge on any atom is -0.497 e. The number of nitrogens with one attached hydrogen (secondary N) is 2. The largest absolute Gasteiger partial charge is 0.497 e. The van der Waals surface area contributed by atoms with E-state index in [0.29, 0.717) is 30.1 Å². The SMILES string of the molecule is COc1ccc(NC(=O)C[C@@H]2C(=O)N(c3ccccc3)C(=S)N2[C@@H]2CCCCNC2=O)cc1. The molecule has 0 radical (unpaired) electrons. The number of anilines is 2. The highest BCUT2D eigenvalue weighted by Crippen LogP contribution is 2.31. The molecule has 2 aliphatic heterocycles. The van der Waals surface area contributed by atoms with Crippen molar-refractivity contribution in [2.75, 3.05) is 23.9 Å². The number of amides is 3. The molecule has 2 N–H and O–H groups in total. The Balaban J connectivity index is 1.60. The number of rotatable bonds is 6. The molecule has 33 heavy (non-hydrogen) atoms. The zero-order chi connectivity index (χ0) is 23.4. The lowest BCUT2D eigenvalue weighted by atomic mass is 10.1. The van der Waals surface area contributed by atoms with E-state index in [2.05, 4.69) is 10.6 Å². The first-order valence-corrected chi connectivity index (χ1v) is 11.3. The van der Waals surface area contributed by atoms with Crippen LogP contribution in [-0.4, -0.2) is 53.5 Å². The molecule has 9 heteroatoms. The molecule has 2 atom stereocenters. The summed E-state index contributed by atoms with van der Waals surface area (Å²) in [4.78, 5) is 42.3. The molecule has 0 bridgehead atoms. The molecule has 0 unspecified atom stereocenters. The van der Waals surface area contributed by atoms with Gasteiger partial charge in [-0.2, -0.15) is 0 Å². The van der Waals surface area contributed by atoms with Crippen LogP contribution in [0.2, 0.25) is 0 Å². The van der Waals surface area contributed by atoms with Crippen LogP contribution in [0.4, 0.5) is 11.4 Å². The molecule has 172 valence electrons. The van der Waals surface area contributed by atoms with Crippen molar-refractivity contribution in [1.82, 2.24) is 10.2 Å². The van der Waals surface area contributed by atoms with Crippen molar-refractivity contribution < 1.29 is 19.1 Å². The van der Waals surface area contributed by atoms with Crippen LogP contribution in [0, 0.1) is 0 Å². The lowest BCUT2D eigenvalue weighted by molar-refractivity contribution is -0.129. The van der Waals surface area contributed by atoms with Crippen LogP contribution in [0.3, 0.4) is 0 Å². The molecule has 2 aromatic carbocycles. The van der Waals surface area contributed by atoms with E-state index in [1.807, 2.05) is 18.2 Å². The van der Waals surface area contributed by atoms with Crippen LogP contribution >= 0.6 is 12.2 Å². The Morgan fingerprint density at radius 2 is 1.85 bits per heavy atom. The van der Waals surface area contributed by atoms with Crippen molar-refractivity contribution in [2.45, 2.75) is 37.8 Å². The van der Waals surface area contributed by atoms with Gasteiger partial charge in [-0.1, -0.05) is 18.2 Å². The molecule has 2 aliphatic rings. The first kappa shape index (κ1) is 22.7. The number of hydrogen-bond acceptors (Lipinski definition) is 5. The number of thiocarbonyl (C=S) groups is 1. The van der Waals surface area contributed by atoms with Gasteiger partial charge >= 0.3 is 0 Å². The van der Waals surface area contributed by atoms with Gasteiger partial charge in [0.05, 0.1) is 19.2 Å². The quantitative estimate of drug-likeness (QED) is 0.637. The number of methoxy groups -OCH3 is 1. The van der Waals surface area contributed by atoms with E-state index in [-0.39, 0.29) is 29.3 Å². The molecule has 0 spiro atoms. The van der Waals surface area contributed by atoms with Crippen molar-refractivity contribution >= 4 is 46.4 Å². The first-order chi connectivity index (χ1) is 16.0. The minimum absolute atomic E-state index is 0.127. The van der Waals surface area contributed by atoms with Crippen molar-refractivity contribution in [3.8, 4) is 5.75 Å². The third kappa shape index (κ3) is 4.83. The summed E-state index contributed by atoms with van der Waals surface area (Å²) in [5.74, 6) is -0.144. The summed E-state index contributed by atoms with van der Waals surface area (Å²) in [6, 6.07) is 14.5. The third-order valence-corrected chi connectivity index (χ3v) is 6.26. The highest BCUT2D eigenvalue weighted by Gasteiger charge is 2.48. The smallest absolute Gasteiger partial charge is 0.256 e. The van der Waals surface area contributed by atoms with Gasteiger partial charge in [0.2, 0.25) is 11.8 Å². The molecule has 2 fully saturated rings. The maximum absolute atomic E-state index is 13.5. The summed E-state index contributed by atoms with van der Waals surface area (Å²) in [5.41, 5.74) is 1.21. The molecule has 2 aromatic rings. The van der Waals surface area contributed by atoms with Gasteiger partial charge in [-0.3, -0.25) is 19.3 Å². The standard InChI is InChI=1S/C24H26N4O4S/c1-32-18-12-10-16(11-13-18)26-21(29)15-20-23(31)27(17-7-3-2-4-8-17)24(33)28(20)19-9-5-6-14-25-22(19)30/h2-4,7-8,10-13,19-20H,5-6,9,14-15H2,1H3,(H,25,30)(H,26,29)/t19-,20-/m1/s1. The second kappa shape index (κ2) is 9.99. The van der Waals surface area contributed by atoms with Crippen LogP contribution in [0.1, 0.15) is 25.7 Å². The molecule has 8 nitrogen and oxygen atoms in total. The van der Waals surface area contributed by atoms with Crippen molar-refractivity contribution in [3.63, 3.8) is 0 Å². The maximum atomic E-state index is 13.5. The number of benzene rings is 2. The Hall–Kier alpha value is -3.46. The van der Waals surface area contributed by atoms with Gasteiger partial charge in [0.1, 0.15) is 17.8 Å². The molecular weight excluding hydrogens is 440 g/mol. The number of ether oxygens (including phenoxy) is 1. The van der Waals surface area contributed by atoms with Crippen LogP contribution in [0.15, 0.2) is 54.6 Å². The van der Waals surface area contributed by atoms with Gasteiger partial charge in [-0.25, -0.2) is 0 Å². The number of carbonyl (C=O) groups excluding carboxylic acids is 3. The monoisotopic (exact) mass is 466 g/mol. The Kier molecular flexibility index (Phi) is 6.88. The zero-order valence-corrected chi connectivity index (χ0v) is 19.1. The molecule has 4 rings (SSSR count). The zero-order valence-electron chi connectivity index (χ0n) is 18.3. The highest BCUT2D eigenvalue weighted by molar-refractivity contribution is 7.80. The Labute approximate surface area is 197 Å². The molecule has 2 saturated heterocycles. The number of hydrogen-bond donors (Lipinski definition) is 2. The summed E-state index contributed by atoms with van der Waals surface area (Å²) in [5, 5.41) is 5.97. The average molecular weight is 467 g/mol. The lowest BCUT2D eigenvalue weighted by Gasteiger charge is -2.30. The number of para-hydroxylation sites is 1. The predicted octanol–water partition coefficient (Wildman–Crippen LogP) is 2.69. The van der Waals surface area contributed by atoms with Crippen molar-refractivity contribution in [3.05, 3.63) is 54.6 Å². The van der Waals surface area contributed by atoms with E-state index in [9.17, 15) is 14.4 Å². The summed E-state index contributed by atoms with van der Waals surface area (Å²) in [6.45, 7) is 0.592. The maximum Gasteiger partial charge on any atom is 0.256 e. The van der Waals surface area contributed by atoms with Crippen LogP contribution in [-0.2, 0) is 14.4 Å². The predicted molar refractivity (Wildman–Crippen MR) is 129 cm³/mol. The first-order valence-electron chi connectivity index (χ1n) is 10.9. The van der Waals surface area contributed by atoms with Gasteiger partial charge in [-0.05, 0) is 67.9 Å². The number of carbonyl (C=O) groups is 3. The Morgan fingerprint density at radius 3 is 2.55 bits per heavy atom. The summed E-state index contributed by atoms with van der Waals surface area (Å²) in [6.07, 6.45) is 2.13. The molecule has 0 aliphatic carbocycles. The molecule has 2 heterocycles. The molecular formula is C24H26N4O4S. The van der Waals surface area contributed by atoms with Gasteiger partial charge < -0.3 is 20.3 Å². The summed E-state index contributed by atoms with van der Waals surface area (Å²) >= 11 is 5.69. The van der Waals surface area contributed by atoms with Crippen molar-refractivity contribution in [1.29, 1.82) is 0 Å².